The van der Waals surface area contributed by atoms with Crippen LogP contribution in [0, 0.1) is 0 Å². The van der Waals surface area contributed by atoms with E-state index in [1.165, 1.54) is 32.1 Å². The average Bonchev–Trinajstić information content (AvgIpc) is 2.99. The number of piperidine rings is 1. The average molecular weight is 295 g/mol. The molecule has 2 N–H and O–H groups in total. The summed E-state index contributed by atoms with van der Waals surface area (Å²) < 4.78 is 5.48. The van der Waals surface area contributed by atoms with Gasteiger partial charge in [-0.1, -0.05) is 12.8 Å². The Morgan fingerprint density at radius 1 is 1.24 bits per heavy atom. The molecule has 1 amide bonds. The molecule has 0 aromatic heterocycles. The molecule has 1 saturated carbocycles. The van der Waals surface area contributed by atoms with E-state index in [0.29, 0.717) is 12.5 Å². The molecule has 3 fully saturated rings. The van der Waals surface area contributed by atoms with Gasteiger partial charge in [0.1, 0.15) is 0 Å². The Bertz CT molecular complexity index is 343. The maximum Gasteiger partial charge on any atom is 0.222 e. The molecule has 3 rings (SSSR count). The molecule has 0 aromatic carbocycles. The summed E-state index contributed by atoms with van der Waals surface area (Å²) in [6.07, 6.45) is 7.81. The molecule has 1 atom stereocenters. The van der Waals surface area contributed by atoms with Gasteiger partial charge in [0.2, 0.25) is 5.91 Å². The molecular weight excluding hydrogens is 266 g/mol. The zero-order valence-corrected chi connectivity index (χ0v) is 13.0. The summed E-state index contributed by atoms with van der Waals surface area (Å²) in [5, 5.41) is 6.62. The summed E-state index contributed by atoms with van der Waals surface area (Å²) in [5.41, 5.74) is 0.107. The van der Waals surface area contributed by atoms with E-state index in [2.05, 4.69) is 15.5 Å². The van der Waals surface area contributed by atoms with Crippen LogP contribution in [-0.2, 0) is 9.53 Å². The van der Waals surface area contributed by atoms with E-state index in [1.54, 1.807) is 0 Å². The highest BCUT2D eigenvalue weighted by atomic mass is 16.5. The van der Waals surface area contributed by atoms with Crippen molar-refractivity contribution in [3.8, 4) is 0 Å². The Balaban J connectivity index is 1.57. The topological polar surface area (TPSA) is 53.6 Å². The number of nitrogens with zero attached hydrogens (tertiary/aromatic N) is 1. The minimum absolute atomic E-state index is 0.107. The number of hydrogen-bond acceptors (Lipinski definition) is 4. The Morgan fingerprint density at radius 3 is 2.67 bits per heavy atom. The van der Waals surface area contributed by atoms with Crippen LogP contribution in [0.3, 0.4) is 0 Å². The van der Waals surface area contributed by atoms with Gasteiger partial charge in [-0.15, -0.1) is 0 Å². The van der Waals surface area contributed by atoms with Gasteiger partial charge in [-0.2, -0.15) is 0 Å². The fourth-order valence-corrected chi connectivity index (χ4v) is 4.23. The van der Waals surface area contributed by atoms with Crippen molar-refractivity contribution in [3.05, 3.63) is 0 Å². The molecule has 0 aromatic rings. The largest absolute Gasteiger partial charge is 0.379 e. The molecule has 21 heavy (non-hydrogen) atoms. The van der Waals surface area contributed by atoms with Crippen molar-refractivity contribution in [3.63, 3.8) is 0 Å². The second-order valence-corrected chi connectivity index (χ2v) is 6.82. The molecule has 0 spiro atoms. The van der Waals surface area contributed by atoms with Crippen LogP contribution in [0.5, 0.6) is 0 Å². The molecule has 0 radical (unpaired) electrons. The van der Waals surface area contributed by atoms with E-state index >= 15 is 0 Å². The lowest BCUT2D eigenvalue weighted by molar-refractivity contribution is -0.126. The van der Waals surface area contributed by atoms with E-state index in [4.69, 9.17) is 4.74 Å². The van der Waals surface area contributed by atoms with Crippen molar-refractivity contribution in [2.24, 2.45) is 0 Å². The fraction of sp³-hybridized carbons (Fsp3) is 0.938. The quantitative estimate of drug-likeness (QED) is 0.809. The molecule has 2 heterocycles. The predicted molar refractivity (Wildman–Crippen MR) is 82.2 cm³/mol. The monoisotopic (exact) mass is 295 g/mol. The van der Waals surface area contributed by atoms with Crippen LogP contribution in [0.15, 0.2) is 0 Å². The fourth-order valence-electron chi connectivity index (χ4n) is 4.23. The van der Waals surface area contributed by atoms with Crippen molar-refractivity contribution in [2.75, 3.05) is 39.4 Å². The van der Waals surface area contributed by atoms with E-state index < -0.39 is 0 Å². The summed E-state index contributed by atoms with van der Waals surface area (Å²) in [7, 11) is 0. The molecule has 0 unspecified atom stereocenters. The van der Waals surface area contributed by atoms with Gasteiger partial charge in [-0.25, -0.2) is 0 Å². The standard InChI is InChI=1S/C16H29N3O2/c20-15(18-14-4-3-7-17-13-14)12-16(5-1-2-6-16)19-8-10-21-11-9-19/h14,17H,1-13H2,(H,18,20)/t14-/m0/s1. The minimum atomic E-state index is 0.107. The van der Waals surface area contributed by atoms with Crippen molar-refractivity contribution >= 4 is 5.91 Å². The number of amides is 1. The molecule has 0 bridgehead atoms. The van der Waals surface area contributed by atoms with Gasteiger partial charge in [0.25, 0.3) is 0 Å². The number of rotatable bonds is 4. The van der Waals surface area contributed by atoms with Crippen LogP contribution in [0.25, 0.3) is 0 Å². The summed E-state index contributed by atoms with van der Waals surface area (Å²) in [4.78, 5) is 15.0. The van der Waals surface area contributed by atoms with Crippen LogP contribution in [-0.4, -0.2) is 61.8 Å². The zero-order valence-electron chi connectivity index (χ0n) is 13.0. The number of morpholine rings is 1. The maximum atomic E-state index is 12.5. The van der Waals surface area contributed by atoms with E-state index in [0.717, 1.165) is 45.8 Å². The molecule has 1 aliphatic carbocycles. The molecular formula is C16H29N3O2. The van der Waals surface area contributed by atoms with Gasteiger partial charge in [-0.05, 0) is 32.2 Å². The third-order valence-corrected chi connectivity index (χ3v) is 5.37. The first-order chi connectivity index (χ1) is 10.3. The number of carbonyl (C=O) groups is 1. The first kappa shape index (κ1) is 15.3. The minimum Gasteiger partial charge on any atom is -0.379 e. The Hall–Kier alpha value is -0.650. The molecule has 5 heteroatoms. The van der Waals surface area contributed by atoms with E-state index in [-0.39, 0.29) is 11.4 Å². The molecule has 120 valence electrons. The lowest BCUT2D eigenvalue weighted by atomic mass is 9.89. The second kappa shape index (κ2) is 7.07. The van der Waals surface area contributed by atoms with Crippen LogP contribution in [0.2, 0.25) is 0 Å². The van der Waals surface area contributed by atoms with Crippen LogP contribution >= 0.6 is 0 Å². The summed E-state index contributed by atoms with van der Waals surface area (Å²) in [6.45, 7) is 5.61. The highest BCUT2D eigenvalue weighted by Gasteiger charge is 2.41. The smallest absolute Gasteiger partial charge is 0.222 e. The normalized spacial score (nSPS) is 30.2. The maximum absolute atomic E-state index is 12.5. The van der Waals surface area contributed by atoms with Gasteiger partial charge >= 0.3 is 0 Å². The van der Waals surface area contributed by atoms with Crippen molar-refractivity contribution in [1.82, 2.24) is 15.5 Å². The Kier molecular flexibility index (Phi) is 5.14. The van der Waals surface area contributed by atoms with E-state index in [9.17, 15) is 4.79 Å². The van der Waals surface area contributed by atoms with Gasteiger partial charge in [-0.3, -0.25) is 9.69 Å². The summed E-state index contributed by atoms with van der Waals surface area (Å²) in [6, 6.07) is 0.328. The summed E-state index contributed by atoms with van der Waals surface area (Å²) >= 11 is 0. The molecule has 5 nitrogen and oxygen atoms in total. The predicted octanol–water partition coefficient (Wildman–Crippen LogP) is 0.890. The first-order valence-corrected chi connectivity index (χ1v) is 8.61. The molecule has 2 aliphatic heterocycles. The number of nitrogens with one attached hydrogen (secondary N) is 2. The third kappa shape index (κ3) is 3.76. The lowest BCUT2D eigenvalue weighted by Gasteiger charge is -2.43. The van der Waals surface area contributed by atoms with Gasteiger partial charge in [0.15, 0.2) is 0 Å². The van der Waals surface area contributed by atoms with Gasteiger partial charge < -0.3 is 15.4 Å². The first-order valence-electron chi connectivity index (χ1n) is 8.61. The SMILES string of the molecule is O=C(CC1(N2CCOCC2)CCCC1)N[C@H]1CCCNC1. The molecule has 2 saturated heterocycles. The summed E-state index contributed by atoms with van der Waals surface area (Å²) in [5.74, 6) is 0.247. The third-order valence-electron chi connectivity index (χ3n) is 5.37. The second-order valence-electron chi connectivity index (χ2n) is 6.82. The van der Waals surface area contributed by atoms with E-state index in [1.807, 2.05) is 0 Å². The molecule has 3 aliphatic rings. The van der Waals surface area contributed by atoms with Crippen LogP contribution < -0.4 is 10.6 Å². The Labute approximate surface area is 127 Å². The van der Waals surface area contributed by atoms with Gasteiger partial charge in [0.05, 0.1) is 13.2 Å². The van der Waals surface area contributed by atoms with Crippen LogP contribution in [0.4, 0.5) is 0 Å². The van der Waals surface area contributed by atoms with Gasteiger partial charge in [0, 0.05) is 37.6 Å². The Morgan fingerprint density at radius 2 is 2.00 bits per heavy atom. The number of hydrogen-bond donors (Lipinski definition) is 2. The van der Waals surface area contributed by atoms with Crippen LogP contribution in [0.1, 0.15) is 44.9 Å². The zero-order chi connectivity index (χ0) is 14.5. The van der Waals surface area contributed by atoms with Crippen molar-refractivity contribution in [1.29, 1.82) is 0 Å². The highest BCUT2D eigenvalue weighted by Crippen LogP contribution is 2.38. The van der Waals surface area contributed by atoms with Crippen molar-refractivity contribution in [2.45, 2.75) is 56.5 Å². The highest BCUT2D eigenvalue weighted by molar-refractivity contribution is 5.77. The van der Waals surface area contributed by atoms with Crippen molar-refractivity contribution < 1.29 is 9.53 Å². The number of ether oxygens (including phenoxy) is 1. The number of carbonyl (C=O) groups excluding carboxylic acids is 1. The lowest BCUT2D eigenvalue weighted by Crippen LogP contribution is -2.55.